The summed E-state index contributed by atoms with van der Waals surface area (Å²) in [4.78, 5) is 8.52. The van der Waals surface area contributed by atoms with Crippen LogP contribution in [0.2, 0.25) is 0 Å². The number of hydrogen-bond acceptors (Lipinski definition) is 2. The summed E-state index contributed by atoms with van der Waals surface area (Å²) in [5.41, 5.74) is 0.983. The van der Waals surface area contributed by atoms with Gasteiger partial charge in [0.2, 0.25) is 0 Å². The van der Waals surface area contributed by atoms with Crippen molar-refractivity contribution in [3.05, 3.63) is 54.4 Å². The van der Waals surface area contributed by atoms with E-state index in [4.69, 9.17) is 0 Å². The molecule has 7 heteroatoms. The summed E-state index contributed by atoms with van der Waals surface area (Å²) in [5.74, 6) is 0.551. The molecule has 1 heterocycles. The van der Waals surface area contributed by atoms with E-state index in [1.807, 2.05) is 24.0 Å². The number of nitrogens with one attached hydrogen (secondary N) is 2. The van der Waals surface area contributed by atoms with E-state index in [2.05, 4.69) is 20.6 Å². The van der Waals surface area contributed by atoms with Crippen LogP contribution in [-0.2, 0) is 13.1 Å². The van der Waals surface area contributed by atoms with Crippen molar-refractivity contribution in [1.82, 2.24) is 20.2 Å². The molecule has 0 saturated heterocycles. The number of aliphatic imine (C=N–C) groups is 1. The van der Waals surface area contributed by atoms with E-state index >= 15 is 0 Å². The summed E-state index contributed by atoms with van der Waals surface area (Å²) in [5, 5.41) is 6.50. The minimum absolute atomic E-state index is 0. The number of nitrogens with zero attached hydrogens (tertiary/aromatic N) is 3. The molecule has 0 aliphatic rings. The molecule has 126 valence electrons. The highest BCUT2D eigenvalue weighted by molar-refractivity contribution is 14.0. The van der Waals surface area contributed by atoms with Crippen LogP contribution in [0.15, 0.2) is 48.0 Å². The lowest BCUT2D eigenvalue weighted by Gasteiger charge is -2.11. The molecule has 0 radical (unpaired) electrons. The van der Waals surface area contributed by atoms with E-state index in [-0.39, 0.29) is 29.8 Å². The predicted octanol–water partition coefficient (Wildman–Crippen LogP) is 2.79. The van der Waals surface area contributed by atoms with E-state index < -0.39 is 0 Å². The minimum atomic E-state index is -0.225. The first-order valence-corrected chi connectivity index (χ1v) is 7.50. The normalized spacial score (nSPS) is 11.0. The second-order valence-corrected chi connectivity index (χ2v) is 4.90. The maximum absolute atomic E-state index is 12.9. The van der Waals surface area contributed by atoms with Gasteiger partial charge in [0.1, 0.15) is 5.82 Å². The van der Waals surface area contributed by atoms with Crippen molar-refractivity contribution >= 4 is 29.9 Å². The number of halogens is 2. The van der Waals surface area contributed by atoms with Crippen molar-refractivity contribution in [1.29, 1.82) is 0 Å². The Hall–Kier alpha value is -1.64. The van der Waals surface area contributed by atoms with Crippen LogP contribution in [0.3, 0.4) is 0 Å². The zero-order valence-corrected chi connectivity index (χ0v) is 15.5. The molecule has 0 unspecified atom stereocenters. The van der Waals surface area contributed by atoms with E-state index in [1.165, 1.54) is 12.1 Å². The van der Waals surface area contributed by atoms with Gasteiger partial charge >= 0.3 is 0 Å². The smallest absolute Gasteiger partial charge is 0.191 e. The fourth-order valence-electron chi connectivity index (χ4n) is 1.99. The molecule has 2 rings (SSSR count). The third kappa shape index (κ3) is 7.45. The summed E-state index contributed by atoms with van der Waals surface area (Å²) in [6.45, 7) is 5.10. The van der Waals surface area contributed by atoms with Crippen molar-refractivity contribution in [2.75, 3.05) is 13.1 Å². The van der Waals surface area contributed by atoms with Gasteiger partial charge in [-0.3, -0.25) is 0 Å². The van der Waals surface area contributed by atoms with Crippen LogP contribution < -0.4 is 10.6 Å². The molecule has 23 heavy (non-hydrogen) atoms. The van der Waals surface area contributed by atoms with Gasteiger partial charge in [-0.1, -0.05) is 12.1 Å². The summed E-state index contributed by atoms with van der Waals surface area (Å²) >= 11 is 0. The molecule has 2 N–H and O–H groups in total. The van der Waals surface area contributed by atoms with Crippen LogP contribution in [0.1, 0.15) is 18.9 Å². The molecule has 5 nitrogen and oxygen atoms in total. The molecule has 1 aromatic heterocycles. The van der Waals surface area contributed by atoms with Gasteiger partial charge in [0, 0.05) is 32.0 Å². The summed E-state index contributed by atoms with van der Waals surface area (Å²) in [7, 11) is 0. The maximum Gasteiger partial charge on any atom is 0.191 e. The van der Waals surface area contributed by atoms with Crippen molar-refractivity contribution in [3.8, 4) is 0 Å². The van der Waals surface area contributed by atoms with Crippen molar-refractivity contribution in [3.63, 3.8) is 0 Å². The van der Waals surface area contributed by atoms with Crippen molar-refractivity contribution < 1.29 is 4.39 Å². The Morgan fingerprint density at radius 1 is 1.26 bits per heavy atom. The van der Waals surface area contributed by atoms with Crippen molar-refractivity contribution in [2.24, 2.45) is 4.99 Å². The second kappa shape index (κ2) is 11.0. The largest absolute Gasteiger partial charge is 0.357 e. The SMILES string of the molecule is CCNC(=NCc1ccc(F)cc1)NCCCn1ccnc1.I. The molecule has 0 spiro atoms. The van der Waals surface area contributed by atoms with Crippen LogP contribution in [0.5, 0.6) is 0 Å². The molecule has 0 aliphatic heterocycles. The fraction of sp³-hybridized carbons (Fsp3) is 0.375. The third-order valence-corrected chi connectivity index (χ3v) is 3.12. The highest BCUT2D eigenvalue weighted by Crippen LogP contribution is 2.03. The molecule has 0 fully saturated rings. The Bertz CT molecular complexity index is 569. The third-order valence-electron chi connectivity index (χ3n) is 3.12. The molecule has 1 aromatic carbocycles. The van der Waals surface area contributed by atoms with E-state index in [9.17, 15) is 4.39 Å². The van der Waals surface area contributed by atoms with E-state index in [0.717, 1.165) is 37.6 Å². The second-order valence-electron chi connectivity index (χ2n) is 4.90. The zero-order chi connectivity index (χ0) is 15.6. The molecule has 0 aliphatic carbocycles. The van der Waals surface area contributed by atoms with Crippen LogP contribution in [0, 0.1) is 5.82 Å². The van der Waals surface area contributed by atoms with Gasteiger partial charge in [-0.05, 0) is 31.0 Å². The van der Waals surface area contributed by atoms with Gasteiger partial charge in [0.05, 0.1) is 12.9 Å². The standard InChI is InChI=1S/C16H22FN5.HI/c1-2-19-16(20-8-3-10-22-11-9-18-13-22)21-12-14-4-6-15(17)7-5-14;/h4-7,9,11,13H,2-3,8,10,12H2,1H3,(H2,19,20,21);1H. The number of benzene rings is 1. The predicted molar refractivity (Wildman–Crippen MR) is 101 cm³/mol. The molecule has 0 bridgehead atoms. The monoisotopic (exact) mass is 431 g/mol. The van der Waals surface area contributed by atoms with Gasteiger partial charge in [-0.2, -0.15) is 0 Å². The number of imidazole rings is 1. The average Bonchev–Trinajstić information content (AvgIpc) is 3.04. The van der Waals surface area contributed by atoms with E-state index in [1.54, 1.807) is 18.3 Å². The van der Waals surface area contributed by atoms with Crippen molar-refractivity contribution in [2.45, 2.75) is 26.4 Å². The lowest BCUT2D eigenvalue weighted by atomic mass is 10.2. The number of guanidine groups is 1. The lowest BCUT2D eigenvalue weighted by molar-refractivity contribution is 0.624. The molecule has 2 aromatic rings. The summed E-state index contributed by atoms with van der Waals surface area (Å²) < 4.78 is 14.9. The number of aromatic nitrogens is 2. The van der Waals surface area contributed by atoms with Crippen LogP contribution in [0.4, 0.5) is 4.39 Å². The summed E-state index contributed by atoms with van der Waals surface area (Å²) in [6.07, 6.45) is 6.53. The fourth-order valence-corrected chi connectivity index (χ4v) is 1.99. The Morgan fingerprint density at radius 2 is 2.04 bits per heavy atom. The van der Waals surface area contributed by atoms with Gasteiger partial charge in [0.25, 0.3) is 0 Å². The van der Waals surface area contributed by atoms with Gasteiger partial charge in [-0.25, -0.2) is 14.4 Å². The Balaban J connectivity index is 0.00000264. The van der Waals surface area contributed by atoms with Gasteiger partial charge in [0.15, 0.2) is 5.96 Å². The minimum Gasteiger partial charge on any atom is -0.357 e. The molecule has 0 amide bonds. The average molecular weight is 431 g/mol. The van der Waals surface area contributed by atoms with Crippen LogP contribution in [0.25, 0.3) is 0 Å². The molecular formula is C16H23FIN5. The summed E-state index contributed by atoms with van der Waals surface area (Å²) in [6, 6.07) is 6.41. The number of rotatable bonds is 7. The Labute approximate surface area is 153 Å². The zero-order valence-electron chi connectivity index (χ0n) is 13.2. The lowest BCUT2D eigenvalue weighted by Crippen LogP contribution is -2.38. The van der Waals surface area contributed by atoms with Crippen LogP contribution >= 0.6 is 24.0 Å². The Kier molecular flexibility index (Phi) is 9.27. The first-order chi connectivity index (χ1) is 10.8. The number of hydrogen-bond donors (Lipinski definition) is 2. The van der Waals surface area contributed by atoms with Gasteiger partial charge in [-0.15, -0.1) is 24.0 Å². The topological polar surface area (TPSA) is 54.2 Å². The molecule has 0 atom stereocenters. The highest BCUT2D eigenvalue weighted by Gasteiger charge is 1.98. The molecular weight excluding hydrogens is 408 g/mol. The highest BCUT2D eigenvalue weighted by atomic mass is 127. The van der Waals surface area contributed by atoms with E-state index in [0.29, 0.717) is 6.54 Å². The Morgan fingerprint density at radius 3 is 2.70 bits per heavy atom. The quantitative estimate of drug-likeness (QED) is 0.307. The first-order valence-electron chi connectivity index (χ1n) is 7.50. The molecule has 0 saturated carbocycles. The first kappa shape index (κ1) is 19.4. The van der Waals surface area contributed by atoms with Crippen LogP contribution in [-0.4, -0.2) is 28.6 Å². The maximum atomic E-state index is 12.9. The number of aryl methyl sites for hydroxylation is 1. The van der Waals surface area contributed by atoms with Gasteiger partial charge < -0.3 is 15.2 Å².